The van der Waals surface area contributed by atoms with Crippen LogP contribution in [-0.4, -0.2) is 40.9 Å². The molecule has 0 saturated carbocycles. The molecule has 6 heteroatoms. The SMILES string of the molecule is CC(C)N(C(=O)CCN1C(=O)c2ccccc2N2C(=O)CCC12C)c1ccccc1. The first-order valence-electron chi connectivity index (χ1n) is 10.5. The second-order valence-corrected chi connectivity index (χ2v) is 8.36. The zero-order chi connectivity index (χ0) is 21.5. The molecule has 2 heterocycles. The van der Waals surface area contributed by atoms with Crippen LogP contribution in [0.1, 0.15) is 50.4 Å². The summed E-state index contributed by atoms with van der Waals surface area (Å²) in [5.74, 6) is -0.146. The van der Waals surface area contributed by atoms with E-state index >= 15 is 0 Å². The minimum Gasteiger partial charge on any atom is -0.315 e. The zero-order valence-corrected chi connectivity index (χ0v) is 17.7. The predicted molar refractivity (Wildman–Crippen MR) is 116 cm³/mol. The van der Waals surface area contributed by atoms with E-state index in [4.69, 9.17) is 0 Å². The topological polar surface area (TPSA) is 60.9 Å². The average Bonchev–Trinajstić information content (AvgIpc) is 3.04. The van der Waals surface area contributed by atoms with Crippen molar-refractivity contribution in [2.24, 2.45) is 0 Å². The summed E-state index contributed by atoms with van der Waals surface area (Å²) in [6.07, 6.45) is 1.15. The number of hydrogen-bond donors (Lipinski definition) is 0. The highest BCUT2D eigenvalue weighted by Crippen LogP contribution is 2.44. The molecule has 3 amide bonds. The molecule has 0 aliphatic carbocycles. The number of carbonyl (C=O) groups is 3. The molecule has 6 nitrogen and oxygen atoms in total. The van der Waals surface area contributed by atoms with Crippen LogP contribution >= 0.6 is 0 Å². The third-order valence-corrected chi connectivity index (χ3v) is 6.11. The lowest BCUT2D eigenvalue weighted by Gasteiger charge is -2.48. The van der Waals surface area contributed by atoms with Gasteiger partial charge in [0.1, 0.15) is 5.66 Å². The van der Waals surface area contributed by atoms with E-state index in [9.17, 15) is 14.4 Å². The molecule has 1 saturated heterocycles. The fourth-order valence-corrected chi connectivity index (χ4v) is 4.69. The molecule has 0 radical (unpaired) electrons. The Bertz CT molecular complexity index is 988. The number of hydrogen-bond acceptors (Lipinski definition) is 3. The van der Waals surface area contributed by atoms with E-state index < -0.39 is 5.66 Å². The first kappa shape index (κ1) is 20.1. The fourth-order valence-electron chi connectivity index (χ4n) is 4.69. The zero-order valence-electron chi connectivity index (χ0n) is 17.7. The second kappa shape index (κ2) is 7.59. The highest BCUT2D eigenvalue weighted by atomic mass is 16.2. The van der Waals surface area contributed by atoms with Crippen molar-refractivity contribution in [3.05, 3.63) is 60.2 Å². The molecular weight excluding hydrogens is 378 g/mol. The first-order chi connectivity index (χ1) is 14.3. The largest absolute Gasteiger partial charge is 0.315 e. The Hall–Kier alpha value is -3.15. The molecule has 0 spiro atoms. The lowest BCUT2D eigenvalue weighted by molar-refractivity contribution is -0.119. The summed E-state index contributed by atoms with van der Waals surface area (Å²) in [6.45, 7) is 6.15. The third kappa shape index (κ3) is 3.16. The van der Waals surface area contributed by atoms with E-state index in [0.717, 1.165) is 5.69 Å². The molecule has 156 valence electrons. The quantitative estimate of drug-likeness (QED) is 0.760. The lowest BCUT2D eigenvalue weighted by Crippen LogP contribution is -2.62. The van der Waals surface area contributed by atoms with Crippen molar-refractivity contribution in [1.82, 2.24) is 4.90 Å². The minimum absolute atomic E-state index is 0.00201. The summed E-state index contributed by atoms with van der Waals surface area (Å²) in [5.41, 5.74) is 1.29. The van der Waals surface area contributed by atoms with Crippen molar-refractivity contribution in [2.75, 3.05) is 16.3 Å². The summed E-state index contributed by atoms with van der Waals surface area (Å²) < 4.78 is 0. The van der Waals surface area contributed by atoms with Gasteiger partial charge >= 0.3 is 0 Å². The summed E-state index contributed by atoms with van der Waals surface area (Å²) in [4.78, 5) is 44.3. The normalized spacial score (nSPS) is 20.4. The van der Waals surface area contributed by atoms with Gasteiger partial charge in [0.2, 0.25) is 11.8 Å². The maximum absolute atomic E-state index is 13.3. The summed E-state index contributed by atoms with van der Waals surface area (Å²) >= 11 is 0. The molecule has 30 heavy (non-hydrogen) atoms. The van der Waals surface area contributed by atoms with Gasteiger partial charge in [0.05, 0.1) is 11.3 Å². The monoisotopic (exact) mass is 405 g/mol. The first-order valence-corrected chi connectivity index (χ1v) is 10.5. The molecular formula is C24H27N3O3. The van der Waals surface area contributed by atoms with Crippen LogP contribution in [0, 0.1) is 0 Å². The fraction of sp³-hybridized carbons (Fsp3) is 0.375. The molecule has 1 atom stereocenters. The Kier molecular flexibility index (Phi) is 5.10. The van der Waals surface area contributed by atoms with Gasteiger partial charge in [0.15, 0.2) is 0 Å². The standard InChI is InChI=1S/C24H27N3O3/c1-17(2)26(18-9-5-4-6-10-18)21(28)14-16-25-23(30)19-11-7-8-12-20(19)27-22(29)13-15-24(25,27)3/h4-12,17H,13-16H2,1-3H3. The number of fused-ring (bicyclic) bond motifs is 3. The highest BCUT2D eigenvalue weighted by molar-refractivity contribution is 6.10. The van der Waals surface area contributed by atoms with Crippen molar-refractivity contribution in [3.63, 3.8) is 0 Å². The molecule has 1 fully saturated rings. The van der Waals surface area contributed by atoms with Gasteiger partial charge in [-0.05, 0) is 51.5 Å². The van der Waals surface area contributed by atoms with Gasteiger partial charge in [0, 0.05) is 31.1 Å². The van der Waals surface area contributed by atoms with Crippen molar-refractivity contribution < 1.29 is 14.4 Å². The van der Waals surface area contributed by atoms with Crippen molar-refractivity contribution in [1.29, 1.82) is 0 Å². The van der Waals surface area contributed by atoms with Crippen LogP contribution in [0.25, 0.3) is 0 Å². The maximum Gasteiger partial charge on any atom is 0.257 e. The molecule has 4 rings (SSSR count). The van der Waals surface area contributed by atoms with E-state index in [2.05, 4.69) is 0 Å². The van der Waals surface area contributed by atoms with Crippen LogP contribution < -0.4 is 9.80 Å². The van der Waals surface area contributed by atoms with Gasteiger partial charge in [-0.1, -0.05) is 30.3 Å². The van der Waals surface area contributed by atoms with E-state index in [1.165, 1.54) is 0 Å². The number of carbonyl (C=O) groups excluding carboxylic acids is 3. The number of para-hydroxylation sites is 2. The average molecular weight is 405 g/mol. The van der Waals surface area contributed by atoms with Crippen LogP contribution in [-0.2, 0) is 9.59 Å². The summed E-state index contributed by atoms with van der Waals surface area (Å²) in [6, 6.07) is 16.8. The van der Waals surface area contributed by atoms with E-state index in [1.807, 2.05) is 63.2 Å². The number of amides is 3. The second-order valence-electron chi connectivity index (χ2n) is 8.36. The van der Waals surface area contributed by atoms with Gasteiger partial charge in [-0.2, -0.15) is 0 Å². The molecule has 2 aromatic rings. The van der Waals surface area contributed by atoms with Crippen LogP contribution in [0.3, 0.4) is 0 Å². The van der Waals surface area contributed by atoms with Crippen LogP contribution in [0.4, 0.5) is 11.4 Å². The van der Waals surface area contributed by atoms with E-state index in [1.54, 1.807) is 26.8 Å². The predicted octanol–water partition coefficient (Wildman–Crippen LogP) is 3.82. The Balaban J connectivity index is 1.60. The Morgan fingerprint density at radius 2 is 1.73 bits per heavy atom. The summed E-state index contributed by atoms with van der Waals surface area (Å²) in [7, 11) is 0. The number of rotatable bonds is 5. The van der Waals surface area contributed by atoms with Gasteiger partial charge in [0.25, 0.3) is 5.91 Å². The van der Waals surface area contributed by atoms with Crippen molar-refractivity contribution in [2.45, 2.75) is 51.7 Å². The molecule has 0 aromatic heterocycles. The maximum atomic E-state index is 13.3. The van der Waals surface area contributed by atoms with Crippen LogP contribution in [0.2, 0.25) is 0 Å². The Morgan fingerprint density at radius 1 is 1.07 bits per heavy atom. The lowest BCUT2D eigenvalue weighted by atomic mass is 9.98. The number of benzene rings is 2. The van der Waals surface area contributed by atoms with Crippen molar-refractivity contribution >= 4 is 29.1 Å². The molecule has 1 unspecified atom stereocenters. The van der Waals surface area contributed by atoms with Gasteiger partial charge in [-0.3, -0.25) is 19.3 Å². The minimum atomic E-state index is -0.738. The smallest absolute Gasteiger partial charge is 0.257 e. The molecule has 2 aliphatic heterocycles. The van der Waals surface area contributed by atoms with Gasteiger partial charge in [-0.15, -0.1) is 0 Å². The Morgan fingerprint density at radius 3 is 2.43 bits per heavy atom. The molecule has 0 N–H and O–H groups in total. The van der Waals surface area contributed by atoms with Crippen LogP contribution in [0.5, 0.6) is 0 Å². The van der Waals surface area contributed by atoms with Gasteiger partial charge in [-0.25, -0.2) is 0 Å². The molecule has 0 bridgehead atoms. The molecule has 2 aliphatic rings. The number of nitrogens with zero attached hydrogens (tertiary/aromatic N) is 3. The Labute approximate surface area is 177 Å². The van der Waals surface area contributed by atoms with E-state index in [-0.39, 0.29) is 36.7 Å². The third-order valence-electron chi connectivity index (χ3n) is 6.11. The molecule has 2 aromatic carbocycles. The summed E-state index contributed by atoms with van der Waals surface area (Å²) in [5, 5.41) is 0. The van der Waals surface area contributed by atoms with Crippen LogP contribution in [0.15, 0.2) is 54.6 Å². The highest BCUT2D eigenvalue weighted by Gasteiger charge is 2.52. The van der Waals surface area contributed by atoms with E-state index in [0.29, 0.717) is 24.1 Å². The van der Waals surface area contributed by atoms with Crippen molar-refractivity contribution in [3.8, 4) is 0 Å². The number of anilines is 2. The van der Waals surface area contributed by atoms with Gasteiger partial charge < -0.3 is 9.80 Å².